The van der Waals surface area contributed by atoms with Gasteiger partial charge in [-0.25, -0.2) is 4.98 Å². The van der Waals surface area contributed by atoms with Crippen molar-refractivity contribution in [3.8, 4) is 0 Å². The van der Waals surface area contributed by atoms with Crippen LogP contribution in [-0.4, -0.2) is 61.4 Å². The van der Waals surface area contributed by atoms with Crippen molar-refractivity contribution in [2.45, 2.75) is 61.9 Å². The van der Waals surface area contributed by atoms with Crippen molar-refractivity contribution in [2.75, 3.05) is 23.9 Å². The summed E-state index contributed by atoms with van der Waals surface area (Å²) in [4.78, 5) is 17.3. The maximum atomic E-state index is 6.56. The van der Waals surface area contributed by atoms with E-state index in [0.29, 0.717) is 30.2 Å². The van der Waals surface area contributed by atoms with Gasteiger partial charge in [-0.05, 0) is 38.9 Å². The number of nitrogens with one attached hydrogen (secondary N) is 1. The number of hydrogen-bond donors (Lipinski definition) is 2. The number of fused-ring (bicyclic) bond motifs is 3. The Bertz CT molecular complexity index is 1090. The van der Waals surface area contributed by atoms with E-state index in [1.807, 2.05) is 19.3 Å². The van der Waals surface area contributed by atoms with Crippen LogP contribution in [0.4, 0.5) is 11.8 Å². The molecule has 10 heteroatoms. The molecule has 0 aromatic carbocycles. The second-order valence-corrected chi connectivity index (χ2v) is 8.96. The van der Waals surface area contributed by atoms with E-state index < -0.39 is 0 Å². The Labute approximate surface area is 179 Å². The van der Waals surface area contributed by atoms with Gasteiger partial charge in [-0.2, -0.15) is 14.6 Å². The highest BCUT2D eigenvalue weighted by atomic mass is 32.2. The van der Waals surface area contributed by atoms with Crippen LogP contribution >= 0.6 is 11.8 Å². The number of piperidine rings is 1. The van der Waals surface area contributed by atoms with E-state index in [9.17, 15) is 0 Å². The molecule has 3 aromatic rings. The zero-order valence-corrected chi connectivity index (χ0v) is 18.4. The number of rotatable bonds is 5. The van der Waals surface area contributed by atoms with E-state index in [0.717, 1.165) is 46.4 Å². The highest BCUT2D eigenvalue weighted by molar-refractivity contribution is 7.98. The molecule has 30 heavy (non-hydrogen) atoms. The molecule has 2 bridgehead atoms. The van der Waals surface area contributed by atoms with Crippen LogP contribution < -0.4 is 10.6 Å². The fourth-order valence-corrected chi connectivity index (χ4v) is 5.77. The first-order valence-electron chi connectivity index (χ1n) is 10.4. The second-order valence-electron chi connectivity index (χ2n) is 8.15. The summed E-state index contributed by atoms with van der Waals surface area (Å²) < 4.78 is 1.77. The molecule has 2 aliphatic heterocycles. The van der Waals surface area contributed by atoms with E-state index in [2.05, 4.69) is 36.4 Å². The minimum Gasteiger partial charge on any atom is -0.383 e. The van der Waals surface area contributed by atoms with Gasteiger partial charge < -0.3 is 15.6 Å². The van der Waals surface area contributed by atoms with Crippen LogP contribution in [0.25, 0.3) is 5.65 Å². The Morgan fingerprint density at radius 2 is 2.07 bits per heavy atom. The highest BCUT2D eigenvalue weighted by Crippen LogP contribution is 2.46. The lowest BCUT2D eigenvalue weighted by molar-refractivity contribution is 0.401. The van der Waals surface area contributed by atoms with Gasteiger partial charge in [0.05, 0.1) is 16.8 Å². The minimum atomic E-state index is 0.371. The van der Waals surface area contributed by atoms with Crippen LogP contribution in [0.2, 0.25) is 0 Å². The number of H-pyrrole nitrogens is 1. The predicted octanol–water partition coefficient (Wildman–Crippen LogP) is 2.62. The topological polar surface area (TPSA) is 113 Å². The molecule has 0 saturated carbocycles. The number of aryl methyl sites for hydroxylation is 1. The van der Waals surface area contributed by atoms with E-state index in [-0.39, 0.29) is 0 Å². The minimum absolute atomic E-state index is 0.371. The first-order valence-corrected chi connectivity index (χ1v) is 11.6. The molecule has 2 atom stereocenters. The number of nitrogen functional groups attached to an aromatic ring is 1. The van der Waals surface area contributed by atoms with Crippen molar-refractivity contribution in [1.29, 1.82) is 0 Å². The van der Waals surface area contributed by atoms with Gasteiger partial charge in [-0.3, -0.25) is 5.10 Å². The Morgan fingerprint density at radius 3 is 2.70 bits per heavy atom. The molecule has 2 aliphatic rings. The van der Waals surface area contributed by atoms with Crippen LogP contribution in [0.3, 0.4) is 0 Å². The van der Waals surface area contributed by atoms with Crippen molar-refractivity contribution < 1.29 is 0 Å². The molecule has 158 valence electrons. The summed E-state index contributed by atoms with van der Waals surface area (Å²) in [5, 5.41) is 11.9. The molecule has 2 saturated heterocycles. The van der Waals surface area contributed by atoms with Gasteiger partial charge in [0.2, 0.25) is 5.95 Å². The molecule has 5 rings (SSSR count). The summed E-state index contributed by atoms with van der Waals surface area (Å²) >= 11 is 1.66. The second kappa shape index (κ2) is 7.57. The monoisotopic (exact) mass is 425 g/mol. The number of hydrogen-bond acceptors (Lipinski definition) is 8. The van der Waals surface area contributed by atoms with Crippen molar-refractivity contribution in [3.05, 3.63) is 23.3 Å². The van der Waals surface area contributed by atoms with Gasteiger partial charge in [0.1, 0.15) is 11.6 Å². The van der Waals surface area contributed by atoms with Crippen LogP contribution in [0, 0.1) is 6.92 Å². The Morgan fingerprint density at radius 1 is 1.30 bits per heavy atom. The zero-order valence-electron chi connectivity index (χ0n) is 17.5. The third-order valence-electron chi connectivity index (χ3n) is 6.37. The molecule has 3 aromatic heterocycles. The lowest BCUT2D eigenvalue weighted by atomic mass is 9.88. The molecule has 5 heterocycles. The highest BCUT2D eigenvalue weighted by Gasteiger charge is 2.44. The van der Waals surface area contributed by atoms with Gasteiger partial charge in [-0.15, -0.1) is 16.9 Å². The fourth-order valence-electron chi connectivity index (χ4n) is 5.06. The number of aliphatic imine (C=N–C) groups is 1. The van der Waals surface area contributed by atoms with Crippen molar-refractivity contribution in [1.82, 2.24) is 29.8 Å². The quantitative estimate of drug-likeness (QED) is 0.477. The molecule has 3 N–H and O–H groups in total. The standard InChI is InChI=1S/C20H27N9S/c1-11-24-20(27-26-11)28-14-4-5-15(28)9-13(8-14)16-17(30-3)18(21)29-19(25-16)12(10-23-29)6-7-22-2/h7,10,13-15H,4-6,8-9,21H2,1-3H3,(H,24,26,27). The maximum absolute atomic E-state index is 6.56. The Kier molecular flexibility index (Phi) is 4.88. The largest absolute Gasteiger partial charge is 0.383 e. The first kappa shape index (κ1) is 19.3. The third-order valence-corrected chi connectivity index (χ3v) is 7.20. The number of anilines is 2. The third kappa shape index (κ3) is 3.05. The zero-order chi connectivity index (χ0) is 20.8. The molecule has 2 fully saturated rings. The number of aromatic nitrogens is 6. The Balaban J connectivity index is 1.52. The molecular weight excluding hydrogens is 398 g/mol. The summed E-state index contributed by atoms with van der Waals surface area (Å²) in [5.41, 5.74) is 9.57. The molecule has 9 nitrogen and oxygen atoms in total. The van der Waals surface area contributed by atoms with E-state index >= 15 is 0 Å². The number of nitrogens with two attached hydrogens (primary N) is 1. The summed E-state index contributed by atoms with van der Waals surface area (Å²) in [5.74, 6) is 2.75. The fraction of sp³-hybridized carbons (Fsp3) is 0.550. The summed E-state index contributed by atoms with van der Waals surface area (Å²) in [7, 11) is 1.78. The number of thioether (sulfide) groups is 1. The van der Waals surface area contributed by atoms with Gasteiger partial charge >= 0.3 is 0 Å². The molecule has 0 spiro atoms. The van der Waals surface area contributed by atoms with Gasteiger partial charge in [-0.1, -0.05) is 0 Å². The number of nitrogens with zero attached hydrogens (tertiary/aromatic N) is 7. The smallest absolute Gasteiger partial charge is 0.245 e. The van der Waals surface area contributed by atoms with Crippen LogP contribution in [0.15, 0.2) is 16.1 Å². The van der Waals surface area contributed by atoms with Crippen LogP contribution in [-0.2, 0) is 6.42 Å². The SMILES string of the molecule is CN=CCc1cnn2c(N)c(SC)c(C3CC4CCC(C3)N4c3n[nH]c(C)n3)nc12. The van der Waals surface area contributed by atoms with Crippen LogP contribution in [0.5, 0.6) is 0 Å². The van der Waals surface area contributed by atoms with Gasteiger partial charge in [0.25, 0.3) is 0 Å². The molecule has 0 radical (unpaired) electrons. The first-order chi connectivity index (χ1) is 14.6. The van der Waals surface area contributed by atoms with Crippen molar-refractivity contribution in [3.63, 3.8) is 0 Å². The lowest BCUT2D eigenvalue weighted by Crippen LogP contribution is -2.43. The average Bonchev–Trinajstić information content (AvgIpc) is 3.42. The number of aromatic amines is 1. The van der Waals surface area contributed by atoms with Gasteiger partial charge in [0.15, 0.2) is 5.65 Å². The molecule has 2 unspecified atom stereocenters. The lowest BCUT2D eigenvalue weighted by Gasteiger charge is -2.38. The molecule has 0 aliphatic carbocycles. The summed E-state index contributed by atoms with van der Waals surface area (Å²) in [6.07, 6.45) is 10.9. The summed E-state index contributed by atoms with van der Waals surface area (Å²) in [6, 6.07) is 0.879. The normalized spacial score (nSPS) is 23.8. The van der Waals surface area contributed by atoms with E-state index in [4.69, 9.17) is 10.7 Å². The predicted molar refractivity (Wildman–Crippen MR) is 120 cm³/mol. The average molecular weight is 426 g/mol. The van der Waals surface area contributed by atoms with E-state index in [1.165, 1.54) is 12.8 Å². The molecular formula is C20H27N9S. The molecule has 0 amide bonds. The van der Waals surface area contributed by atoms with Gasteiger partial charge in [0, 0.05) is 43.2 Å². The Hall–Kier alpha value is -2.62. The van der Waals surface area contributed by atoms with E-state index in [1.54, 1.807) is 23.3 Å². The van der Waals surface area contributed by atoms with Crippen molar-refractivity contribution in [2.24, 2.45) is 4.99 Å². The maximum Gasteiger partial charge on any atom is 0.245 e. The van der Waals surface area contributed by atoms with Crippen LogP contribution in [0.1, 0.15) is 48.7 Å². The summed E-state index contributed by atoms with van der Waals surface area (Å²) in [6.45, 7) is 1.95. The van der Waals surface area contributed by atoms with Crippen molar-refractivity contribution >= 4 is 35.4 Å².